The average Bonchev–Trinajstić information content (AvgIpc) is 3.36. The lowest BCUT2D eigenvalue weighted by molar-refractivity contribution is -0.130. The van der Waals surface area contributed by atoms with Gasteiger partial charge in [-0.2, -0.15) is 5.10 Å². The molecule has 136 valence electrons. The van der Waals surface area contributed by atoms with Crippen LogP contribution in [0.1, 0.15) is 28.9 Å². The van der Waals surface area contributed by atoms with Crippen molar-refractivity contribution in [1.82, 2.24) is 20.0 Å². The van der Waals surface area contributed by atoms with Gasteiger partial charge in [0.25, 0.3) is 5.91 Å². The van der Waals surface area contributed by atoms with E-state index in [9.17, 15) is 9.59 Å². The number of benzene rings is 1. The van der Waals surface area contributed by atoms with E-state index in [2.05, 4.69) is 10.2 Å². The van der Waals surface area contributed by atoms with Gasteiger partial charge in [-0.05, 0) is 17.7 Å². The number of methoxy groups -OCH3 is 1. The van der Waals surface area contributed by atoms with Crippen LogP contribution in [0.3, 0.4) is 0 Å². The minimum absolute atomic E-state index is 0.00370. The van der Waals surface area contributed by atoms with E-state index < -0.39 is 0 Å². The molecule has 7 nitrogen and oxygen atoms in total. The van der Waals surface area contributed by atoms with Crippen molar-refractivity contribution in [1.29, 1.82) is 0 Å². The van der Waals surface area contributed by atoms with E-state index in [4.69, 9.17) is 4.74 Å². The van der Waals surface area contributed by atoms with E-state index in [0.29, 0.717) is 31.1 Å². The Morgan fingerprint density at radius 1 is 1.19 bits per heavy atom. The van der Waals surface area contributed by atoms with Gasteiger partial charge < -0.3 is 14.5 Å². The lowest BCUT2D eigenvalue weighted by Crippen LogP contribution is -2.36. The van der Waals surface area contributed by atoms with Crippen LogP contribution in [0.2, 0.25) is 0 Å². The maximum Gasteiger partial charge on any atom is 0.257 e. The SMILES string of the molecule is COc1ccc([C@H]2[C@@H]3CN(C(=O)c4cn[nH]c4)C[C@@H]3CN2C(C)=O)cc1. The number of nitrogens with zero attached hydrogens (tertiary/aromatic N) is 3. The topological polar surface area (TPSA) is 78.5 Å². The highest BCUT2D eigenvalue weighted by Crippen LogP contribution is 2.45. The molecule has 7 heteroatoms. The fourth-order valence-electron chi connectivity index (χ4n) is 4.31. The lowest BCUT2D eigenvalue weighted by Gasteiger charge is -2.29. The fourth-order valence-corrected chi connectivity index (χ4v) is 4.31. The van der Waals surface area contributed by atoms with Crippen LogP contribution in [0.15, 0.2) is 36.7 Å². The highest BCUT2D eigenvalue weighted by Gasteiger charge is 2.49. The smallest absolute Gasteiger partial charge is 0.257 e. The molecule has 1 aromatic carbocycles. The molecule has 2 aromatic rings. The monoisotopic (exact) mass is 354 g/mol. The summed E-state index contributed by atoms with van der Waals surface area (Å²) < 4.78 is 5.24. The minimum atomic E-state index is -0.00874. The van der Waals surface area contributed by atoms with Crippen molar-refractivity contribution in [2.75, 3.05) is 26.7 Å². The molecule has 4 rings (SSSR count). The van der Waals surface area contributed by atoms with Gasteiger partial charge >= 0.3 is 0 Å². The molecule has 0 aliphatic carbocycles. The van der Waals surface area contributed by atoms with Gasteiger partial charge in [0.15, 0.2) is 0 Å². The van der Waals surface area contributed by atoms with Crippen molar-refractivity contribution in [2.45, 2.75) is 13.0 Å². The molecule has 0 spiro atoms. The molecule has 2 aliphatic heterocycles. The van der Waals surface area contributed by atoms with Crippen LogP contribution >= 0.6 is 0 Å². The normalized spacial score (nSPS) is 24.6. The van der Waals surface area contributed by atoms with Crippen molar-refractivity contribution in [2.24, 2.45) is 11.8 Å². The van der Waals surface area contributed by atoms with Gasteiger partial charge in [-0.1, -0.05) is 12.1 Å². The molecule has 1 aromatic heterocycles. The molecular formula is C19H22N4O3. The summed E-state index contributed by atoms with van der Waals surface area (Å²) in [4.78, 5) is 28.7. The molecule has 26 heavy (non-hydrogen) atoms. The van der Waals surface area contributed by atoms with Crippen molar-refractivity contribution >= 4 is 11.8 Å². The number of H-pyrrole nitrogens is 1. The number of hydrogen-bond donors (Lipinski definition) is 1. The number of amides is 2. The molecule has 2 aliphatic rings. The molecule has 0 bridgehead atoms. The van der Waals surface area contributed by atoms with E-state index in [1.165, 1.54) is 0 Å². The summed E-state index contributed by atoms with van der Waals surface area (Å²) in [6, 6.07) is 7.87. The molecule has 0 unspecified atom stereocenters. The fraction of sp³-hybridized carbons (Fsp3) is 0.421. The summed E-state index contributed by atoms with van der Waals surface area (Å²) in [6.45, 7) is 3.62. The van der Waals surface area contributed by atoms with E-state index in [1.807, 2.05) is 34.1 Å². The Hall–Kier alpha value is -2.83. The van der Waals surface area contributed by atoms with E-state index in [-0.39, 0.29) is 23.8 Å². The van der Waals surface area contributed by atoms with E-state index in [0.717, 1.165) is 11.3 Å². The first-order valence-corrected chi connectivity index (χ1v) is 8.77. The molecule has 2 amide bonds. The summed E-state index contributed by atoms with van der Waals surface area (Å²) in [5.41, 5.74) is 1.67. The standard InChI is InChI=1S/C19H22N4O3/c1-12(24)23-10-15-9-22(19(25)14-7-20-21-8-14)11-17(15)18(23)13-3-5-16(26-2)6-4-13/h3-8,15,17-18H,9-11H2,1-2H3,(H,20,21)/t15-,17-,18+/m1/s1. The van der Waals surface area contributed by atoms with E-state index in [1.54, 1.807) is 26.4 Å². The first-order valence-electron chi connectivity index (χ1n) is 8.77. The van der Waals surface area contributed by atoms with Crippen molar-refractivity contribution in [3.05, 3.63) is 47.8 Å². The number of ether oxygens (including phenoxy) is 1. The van der Waals surface area contributed by atoms with Crippen molar-refractivity contribution in [3.8, 4) is 5.75 Å². The first-order chi connectivity index (χ1) is 12.6. The highest BCUT2D eigenvalue weighted by atomic mass is 16.5. The van der Waals surface area contributed by atoms with Gasteiger partial charge in [-0.3, -0.25) is 14.7 Å². The summed E-state index contributed by atoms with van der Waals surface area (Å²) >= 11 is 0. The lowest BCUT2D eigenvalue weighted by atomic mass is 9.89. The Labute approximate surface area is 151 Å². The number of aromatic nitrogens is 2. The Morgan fingerprint density at radius 3 is 2.58 bits per heavy atom. The van der Waals surface area contributed by atoms with Crippen LogP contribution in [0.25, 0.3) is 0 Å². The van der Waals surface area contributed by atoms with Gasteiger partial charge in [0, 0.05) is 44.6 Å². The second kappa shape index (κ2) is 6.48. The maximum atomic E-state index is 12.7. The zero-order valence-electron chi connectivity index (χ0n) is 14.9. The molecule has 3 atom stereocenters. The van der Waals surface area contributed by atoms with Gasteiger partial charge in [0.2, 0.25) is 5.91 Å². The number of carbonyl (C=O) groups is 2. The van der Waals surface area contributed by atoms with Crippen LogP contribution < -0.4 is 4.74 Å². The van der Waals surface area contributed by atoms with Gasteiger partial charge in [-0.15, -0.1) is 0 Å². The number of aromatic amines is 1. The number of nitrogens with one attached hydrogen (secondary N) is 1. The number of likely N-dealkylation sites (tertiary alicyclic amines) is 2. The number of hydrogen-bond acceptors (Lipinski definition) is 4. The predicted octanol–water partition coefficient (Wildman–Crippen LogP) is 1.71. The highest BCUT2D eigenvalue weighted by molar-refractivity contribution is 5.94. The number of carbonyl (C=O) groups excluding carboxylic acids is 2. The van der Waals surface area contributed by atoms with Gasteiger partial charge in [0.05, 0.1) is 24.9 Å². The summed E-state index contributed by atoms with van der Waals surface area (Å²) in [5.74, 6) is 1.40. The van der Waals surface area contributed by atoms with E-state index >= 15 is 0 Å². The maximum absolute atomic E-state index is 12.7. The zero-order chi connectivity index (χ0) is 18.3. The molecule has 0 radical (unpaired) electrons. The molecule has 2 fully saturated rings. The van der Waals surface area contributed by atoms with Crippen LogP contribution in [0.5, 0.6) is 5.75 Å². The molecule has 1 N–H and O–H groups in total. The number of fused-ring (bicyclic) bond motifs is 1. The number of rotatable bonds is 3. The Bertz CT molecular complexity index is 803. The second-order valence-electron chi connectivity index (χ2n) is 7.01. The zero-order valence-corrected chi connectivity index (χ0v) is 14.9. The molecule has 3 heterocycles. The van der Waals surface area contributed by atoms with Crippen molar-refractivity contribution < 1.29 is 14.3 Å². The van der Waals surface area contributed by atoms with Gasteiger partial charge in [-0.25, -0.2) is 0 Å². The summed E-state index contributed by atoms with van der Waals surface area (Å²) in [6.07, 6.45) is 3.18. The predicted molar refractivity (Wildman–Crippen MR) is 94.6 cm³/mol. The van der Waals surface area contributed by atoms with Gasteiger partial charge in [0.1, 0.15) is 5.75 Å². The van der Waals surface area contributed by atoms with Crippen LogP contribution in [-0.4, -0.2) is 58.6 Å². The Kier molecular flexibility index (Phi) is 4.14. The third kappa shape index (κ3) is 2.73. The third-order valence-electron chi connectivity index (χ3n) is 5.56. The quantitative estimate of drug-likeness (QED) is 0.910. The van der Waals surface area contributed by atoms with Crippen LogP contribution in [0, 0.1) is 11.8 Å². The van der Waals surface area contributed by atoms with Crippen LogP contribution in [-0.2, 0) is 4.79 Å². The molecule has 0 saturated carbocycles. The largest absolute Gasteiger partial charge is 0.497 e. The summed E-state index contributed by atoms with van der Waals surface area (Å²) in [7, 11) is 1.64. The second-order valence-corrected chi connectivity index (χ2v) is 7.01. The molecule has 2 saturated heterocycles. The molecular weight excluding hydrogens is 332 g/mol. The van der Waals surface area contributed by atoms with Crippen molar-refractivity contribution in [3.63, 3.8) is 0 Å². The Morgan fingerprint density at radius 2 is 1.96 bits per heavy atom. The van der Waals surface area contributed by atoms with Crippen LogP contribution in [0.4, 0.5) is 0 Å². The third-order valence-corrected chi connectivity index (χ3v) is 5.56. The first kappa shape index (κ1) is 16.6. The average molecular weight is 354 g/mol. The Balaban J connectivity index is 1.59. The summed E-state index contributed by atoms with van der Waals surface area (Å²) in [5, 5.41) is 6.55. The minimum Gasteiger partial charge on any atom is -0.497 e.